The lowest BCUT2D eigenvalue weighted by Crippen LogP contribution is -2.07. The number of hydrogen-bond acceptors (Lipinski definition) is 2. The molecule has 0 bridgehead atoms. The van der Waals surface area contributed by atoms with Gasteiger partial charge in [0.25, 0.3) is 0 Å². The third-order valence-corrected chi connectivity index (χ3v) is 3.81. The van der Waals surface area contributed by atoms with Crippen LogP contribution < -0.4 is 5.73 Å². The van der Waals surface area contributed by atoms with E-state index in [9.17, 15) is 0 Å². The van der Waals surface area contributed by atoms with Crippen LogP contribution in [0.5, 0.6) is 0 Å². The van der Waals surface area contributed by atoms with Crippen molar-refractivity contribution in [3.8, 4) is 0 Å². The zero-order valence-electron chi connectivity index (χ0n) is 13.2. The van der Waals surface area contributed by atoms with Gasteiger partial charge >= 0.3 is 0 Å². The van der Waals surface area contributed by atoms with E-state index in [1.54, 1.807) is 0 Å². The molecule has 1 aromatic carbocycles. The summed E-state index contributed by atoms with van der Waals surface area (Å²) >= 11 is 0. The van der Waals surface area contributed by atoms with Crippen molar-refractivity contribution in [3.05, 3.63) is 60.1 Å². The lowest BCUT2D eigenvalue weighted by Gasteiger charge is -2.11. The normalized spacial score (nSPS) is 12.6. The maximum atomic E-state index is 6.31. The quantitative estimate of drug-likeness (QED) is 0.810. The van der Waals surface area contributed by atoms with Crippen molar-refractivity contribution in [2.45, 2.75) is 45.6 Å². The van der Waals surface area contributed by atoms with Crippen molar-refractivity contribution in [2.24, 2.45) is 0 Å². The maximum Gasteiger partial charge on any atom is 0.127 e. The highest BCUT2D eigenvalue weighted by Gasteiger charge is 2.18. The zero-order chi connectivity index (χ0) is 15.4. The minimum Gasteiger partial charge on any atom is -0.384 e. The van der Waals surface area contributed by atoms with Crippen LogP contribution in [0.2, 0.25) is 0 Å². The van der Waals surface area contributed by atoms with Crippen molar-refractivity contribution >= 4 is 5.82 Å². The molecule has 0 saturated carbocycles. The van der Waals surface area contributed by atoms with E-state index < -0.39 is 0 Å². The van der Waals surface area contributed by atoms with Crippen molar-refractivity contribution in [3.63, 3.8) is 0 Å². The van der Waals surface area contributed by atoms with Crippen molar-refractivity contribution < 1.29 is 0 Å². The summed E-state index contributed by atoms with van der Waals surface area (Å²) in [6.45, 7) is 11.0. The molecule has 1 unspecified atom stereocenters. The van der Waals surface area contributed by atoms with Gasteiger partial charge in [-0.2, -0.15) is 0 Å². The molecule has 0 spiro atoms. The SMILES string of the molecule is C=CCn1c(C(C)C)nc(CC(C)c2ccccc2)c1N. The Morgan fingerprint density at radius 1 is 1.24 bits per heavy atom. The van der Waals surface area contributed by atoms with Gasteiger partial charge in [-0.05, 0) is 17.9 Å². The van der Waals surface area contributed by atoms with E-state index in [1.807, 2.05) is 12.1 Å². The van der Waals surface area contributed by atoms with E-state index in [1.165, 1.54) is 5.56 Å². The third kappa shape index (κ3) is 3.35. The first kappa shape index (κ1) is 15.4. The van der Waals surface area contributed by atoms with Crippen LogP contribution in [0.4, 0.5) is 5.82 Å². The number of nitrogens with zero attached hydrogens (tertiary/aromatic N) is 2. The molecular weight excluding hydrogens is 258 g/mol. The average molecular weight is 283 g/mol. The molecule has 1 atom stereocenters. The predicted molar refractivity (Wildman–Crippen MR) is 89.5 cm³/mol. The molecule has 21 heavy (non-hydrogen) atoms. The van der Waals surface area contributed by atoms with Crippen LogP contribution in [-0.4, -0.2) is 9.55 Å². The number of nitrogen functional groups attached to an aromatic ring is 1. The Bertz CT molecular complexity index is 596. The summed E-state index contributed by atoms with van der Waals surface area (Å²) in [5.74, 6) is 2.58. The number of hydrogen-bond donors (Lipinski definition) is 1. The number of anilines is 1. The average Bonchev–Trinajstić information content (AvgIpc) is 2.78. The number of rotatable bonds is 6. The summed E-state index contributed by atoms with van der Waals surface area (Å²) in [6.07, 6.45) is 2.73. The van der Waals surface area contributed by atoms with Crippen molar-refractivity contribution in [1.29, 1.82) is 0 Å². The number of allylic oxidation sites excluding steroid dienone is 1. The molecule has 1 heterocycles. The Hall–Kier alpha value is -2.03. The largest absolute Gasteiger partial charge is 0.384 e. The molecule has 0 radical (unpaired) electrons. The highest BCUT2D eigenvalue weighted by Crippen LogP contribution is 2.26. The molecule has 0 aliphatic rings. The fraction of sp³-hybridized carbons (Fsp3) is 0.389. The molecule has 3 heteroatoms. The molecule has 0 saturated heterocycles. The van der Waals surface area contributed by atoms with Crippen molar-refractivity contribution in [1.82, 2.24) is 9.55 Å². The molecule has 0 fully saturated rings. The molecule has 2 rings (SSSR count). The molecule has 1 aromatic heterocycles. The van der Waals surface area contributed by atoms with Crippen LogP contribution in [-0.2, 0) is 13.0 Å². The van der Waals surface area contributed by atoms with Crippen LogP contribution >= 0.6 is 0 Å². The van der Waals surface area contributed by atoms with E-state index in [4.69, 9.17) is 10.7 Å². The minimum absolute atomic E-state index is 0.355. The topological polar surface area (TPSA) is 43.8 Å². The molecule has 0 aliphatic heterocycles. The molecule has 0 amide bonds. The van der Waals surface area contributed by atoms with Crippen LogP contribution in [0.15, 0.2) is 43.0 Å². The summed E-state index contributed by atoms with van der Waals surface area (Å²) in [7, 11) is 0. The van der Waals surface area contributed by atoms with Gasteiger partial charge in [0, 0.05) is 12.5 Å². The first-order valence-electron chi connectivity index (χ1n) is 7.55. The summed E-state index contributed by atoms with van der Waals surface area (Å²) in [4.78, 5) is 4.78. The second-order valence-corrected chi connectivity index (χ2v) is 5.87. The van der Waals surface area contributed by atoms with Gasteiger partial charge in [-0.25, -0.2) is 4.98 Å². The Labute approximate surface area is 127 Å². The van der Waals surface area contributed by atoms with Crippen molar-refractivity contribution in [2.75, 3.05) is 5.73 Å². The Morgan fingerprint density at radius 3 is 2.48 bits per heavy atom. The highest BCUT2D eigenvalue weighted by atomic mass is 15.1. The Morgan fingerprint density at radius 2 is 1.90 bits per heavy atom. The minimum atomic E-state index is 0.355. The Kier molecular flexibility index (Phi) is 4.84. The summed E-state index contributed by atoms with van der Waals surface area (Å²) in [5, 5.41) is 0. The van der Waals surface area contributed by atoms with Gasteiger partial charge < -0.3 is 10.3 Å². The fourth-order valence-corrected chi connectivity index (χ4v) is 2.64. The standard InChI is InChI=1S/C18H25N3/c1-5-11-21-17(19)16(20-18(21)13(2)3)12-14(4)15-9-7-6-8-10-15/h5-10,13-14H,1,11-12,19H2,2-4H3. The Balaban J connectivity index is 2.28. The summed E-state index contributed by atoms with van der Waals surface area (Å²) in [5.41, 5.74) is 8.62. The van der Waals surface area contributed by atoms with Gasteiger partial charge in [-0.3, -0.25) is 0 Å². The van der Waals surface area contributed by atoms with E-state index in [0.717, 1.165) is 23.8 Å². The zero-order valence-corrected chi connectivity index (χ0v) is 13.2. The number of imidazole rings is 1. The lowest BCUT2D eigenvalue weighted by molar-refractivity contribution is 0.682. The predicted octanol–water partition coefficient (Wildman–Crippen LogP) is 4.12. The smallest absolute Gasteiger partial charge is 0.127 e. The van der Waals surface area contributed by atoms with E-state index in [0.29, 0.717) is 18.4 Å². The first-order valence-corrected chi connectivity index (χ1v) is 7.55. The van der Waals surface area contributed by atoms with E-state index in [2.05, 4.69) is 56.2 Å². The molecule has 3 nitrogen and oxygen atoms in total. The van der Waals surface area contributed by atoms with Crippen LogP contribution in [0.25, 0.3) is 0 Å². The van der Waals surface area contributed by atoms with Gasteiger partial charge in [-0.15, -0.1) is 6.58 Å². The number of benzene rings is 1. The van der Waals surface area contributed by atoms with Crippen LogP contribution in [0, 0.1) is 0 Å². The van der Waals surface area contributed by atoms with Gasteiger partial charge in [0.2, 0.25) is 0 Å². The fourth-order valence-electron chi connectivity index (χ4n) is 2.64. The van der Waals surface area contributed by atoms with Gasteiger partial charge in [0.05, 0.1) is 5.69 Å². The van der Waals surface area contributed by atoms with Gasteiger partial charge in [-0.1, -0.05) is 57.2 Å². The molecule has 112 valence electrons. The van der Waals surface area contributed by atoms with Gasteiger partial charge in [0.1, 0.15) is 11.6 Å². The molecule has 0 aliphatic carbocycles. The number of aromatic nitrogens is 2. The molecule has 2 aromatic rings. The monoisotopic (exact) mass is 283 g/mol. The summed E-state index contributed by atoms with van der Waals surface area (Å²) < 4.78 is 2.07. The lowest BCUT2D eigenvalue weighted by atomic mass is 9.96. The van der Waals surface area contributed by atoms with E-state index in [-0.39, 0.29) is 0 Å². The van der Waals surface area contributed by atoms with Crippen LogP contribution in [0.3, 0.4) is 0 Å². The number of nitrogens with two attached hydrogens (primary N) is 1. The highest BCUT2D eigenvalue weighted by molar-refractivity contribution is 5.40. The van der Waals surface area contributed by atoms with Crippen LogP contribution in [0.1, 0.15) is 49.7 Å². The second-order valence-electron chi connectivity index (χ2n) is 5.87. The second kappa shape index (κ2) is 6.61. The third-order valence-electron chi connectivity index (χ3n) is 3.81. The van der Waals surface area contributed by atoms with E-state index >= 15 is 0 Å². The molecular formula is C18H25N3. The first-order chi connectivity index (χ1) is 10.0. The summed E-state index contributed by atoms with van der Waals surface area (Å²) in [6, 6.07) is 10.5. The maximum absolute atomic E-state index is 6.31. The molecule has 2 N–H and O–H groups in total. The van der Waals surface area contributed by atoms with Gasteiger partial charge in [0.15, 0.2) is 0 Å².